The number of hydrazone groups is 2. The molecule has 2 heterocycles. The van der Waals surface area contributed by atoms with Crippen molar-refractivity contribution < 1.29 is 16.8 Å². The molecular formula is C27H27N7O4S2. The van der Waals surface area contributed by atoms with Crippen molar-refractivity contribution >= 4 is 42.7 Å². The Labute approximate surface area is 233 Å². The molecule has 0 aliphatic carbocycles. The first kappa shape index (κ1) is 28.5. The lowest BCUT2D eigenvalue weighted by molar-refractivity contribution is 0.600. The minimum atomic E-state index is -3.29. The van der Waals surface area contributed by atoms with Crippen molar-refractivity contribution in [1.82, 2.24) is 15.0 Å². The Morgan fingerprint density at radius 3 is 1.52 bits per heavy atom. The van der Waals surface area contributed by atoms with Gasteiger partial charge in [-0.3, -0.25) is 15.8 Å². The molecule has 13 heteroatoms. The van der Waals surface area contributed by atoms with Crippen LogP contribution in [0.2, 0.25) is 0 Å². The normalized spacial score (nSPS) is 12.7. The Morgan fingerprint density at radius 1 is 0.700 bits per heavy atom. The molecule has 0 bridgehead atoms. The summed E-state index contributed by atoms with van der Waals surface area (Å²) in [4.78, 5) is 13.7. The molecule has 0 aliphatic rings. The van der Waals surface area contributed by atoms with E-state index in [1.165, 1.54) is 24.3 Å². The van der Waals surface area contributed by atoms with Gasteiger partial charge in [-0.05, 0) is 61.4 Å². The Hall–Kier alpha value is -4.49. The van der Waals surface area contributed by atoms with Gasteiger partial charge in [0.25, 0.3) is 0 Å². The van der Waals surface area contributed by atoms with Gasteiger partial charge in [0, 0.05) is 36.5 Å². The van der Waals surface area contributed by atoms with E-state index >= 15 is 0 Å². The first-order valence-corrected chi connectivity index (χ1v) is 15.7. The number of hydrogen-bond donors (Lipinski definition) is 2. The number of nitrogens with zero attached hydrogens (tertiary/aromatic N) is 5. The second-order valence-electron chi connectivity index (χ2n) is 8.91. The van der Waals surface area contributed by atoms with Crippen molar-refractivity contribution in [3.05, 3.63) is 90.3 Å². The number of pyridine rings is 1. The van der Waals surface area contributed by atoms with Gasteiger partial charge < -0.3 is 0 Å². The lowest BCUT2D eigenvalue weighted by Gasteiger charge is -2.09. The van der Waals surface area contributed by atoms with Gasteiger partial charge in [0.15, 0.2) is 37.1 Å². The van der Waals surface area contributed by atoms with Crippen LogP contribution in [0, 0.1) is 0 Å². The highest BCUT2D eigenvalue weighted by atomic mass is 32.2. The number of anilines is 2. The van der Waals surface area contributed by atoms with Gasteiger partial charge >= 0.3 is 0 Å². The van der Waals surface area contributed by atoms with Crippen molar-refractivity contribution in [2.24, 2.45) is 10.2 Å². The van der Waals surface area contributed by atoms with E-state index < -0.39 is 19.7 Å². The van der Waals surface area contributed by atoms with Crippen LogP contribution >= 0.6 is 0 Å². The lowest BCUT2D eigenvalue weighted by Crippen LogP contribution is -2.06. The molecule has 0 amide bonds. The average molecular weight is 578 g/mol. The summed E-state index contributed by atoms with van der Waals surface area (Å²) in [6.07, 6.45) is 5.60. The molecule has 2 N–H and O–H groups in total. The highest BCUT2D eigenvalue weighted by molar-refractivity contribution is 7.91. The zero-order valence-corrected chi connectivity index (χ0v) is 23.8. The standard InChI is InChI=1S/C27H27N7O4S2/c1-18(20-7-11-23(12-8-20)39(3,35)36)31-33-25-16-26(30-27(29-25)22-6-5-15-28-17-22)34-32-19(2)21-9-13-24(14-10-21)40(4,37)38/h5-17H,1-4H3,(H2,29,30,33,34). The molecule has 0 aliphatic heterocycles. The van der Waals surface area contributed by atoms with Crippen LogP contribution in [-0.2, 0) is 19.7 Å². The number of hydrogen-bond acceptors (Lipinski definition) is 11. The third-order valence-electron chi connectivity index (χ3n) is 5.72. The topological polar surface area (TPSA) is 156 Å². The van der Waals surface area contributed by atoms with Crippen LogP contribution in [0.5, 0.6) is 0 Å². The van der Waals surface area contributed by atoms with Crippen molar-refractivity contribution in [1.29, 1.82) is 0 Å². The highest BCUT2D eigenvalue weighted by Crippen LogP contribution is 2.20. The summed E-state index contributed by atoms with van der Waals surface area (Å²) in [7, 11) is -6.59. The fourth-order valence-electron chi connectivity index (χ4n) is 3.48. The summed E-state index contributed by atoms with van der Waals surface area (Å²) in [6.45, 7) is 3.57. The SMILES string of the molecule is CC(=NNc1cc(NN=C(C)c2ccc(S(C)(=O)=O)cc2)nc(-c2cccnc2)n1)c1ccc(S(C)(=O)=O)cc1. The molecular weight excluding hydrogens is 550 g/mol. The predicted molar refractivity (Wildman–Crippen MR) is 156 cm³/mol. The number of nitrogens with one attached hydrogen (secondary N) is 2. The third-order valence-corrected chi connectivity index (χ3v) is 7.98. The fourth-order valence-corrected chi connectivity index (χ4v) is 4.74. The monoisotopic (exact) mass is 577 g/mol. The number of benzene rings is 2. The molecule has 206 valence electrons. The maximum absolute atomic E-state index is 11.7. The van der Waals surface area contributed by atoms with Crippen LogP contribution in [0.3, 0.4) is 0 Å². The molecule has 0 unspecified atom stereocenters. The third kappa shape index (κ3) is 7.33. The van der Waals surface area contributed by atoms with Gasteiger partial charge in [-0.15, -0.1) is 0 Å². The molecule has 4 aromatic rings. The first-order valence-electron chi connectivity index (χ1n) is 11.9. The van der Waals surface area contributed by atoms with Crippen LogP contribution in [0.25, 0.3) is 11.4 Å². The summed E-state index contributed by atoms with van der Waals surface area (Å²) in [5, 5.41) is 8.80. The molecule has 2 aromatic carbocycles. The second-order valence-corrected chi connectivity index (χ2v) is 12.9. The molecule has 0 saturated heterocycles. The largest absolute Gasteiger partial charge is 0.264 e. The summed E-state index contributed by atoms with van der Waals surface area (Å²) in [5.74, 6) is 1.15. The summed E-state index contributed by atoms with van der Waals surface area (Å²) >= 11 is 0. The van der Waals surface area contributed by atoms with Crippen LogP contribution in [-0.4, -0.2) is 55.7 Å². The van der Waals surface area contributed by atoms with E-state index in [0.717, 1.165) is 23.6 Å². The van der Waals surface area contributed by atoms with E-state index in [9.17, 15) is 16.8 Å². The Morgan fingerprint density at radius 2 is 1.15 bits per heavy atom. The second kappa shape index (κ2) is 11.7. The molecule has 2 aromatic heterocycles. The van der Waals surface area contributed by atoms with Crippen LogP contribution in [0.15, 0.2) is 99.1 Å². The fraction of sp³-hybridized carbons (Fsp3) is 0.148. The quantitative estimate of drug-likeness (QED) is 0.222. The van der Waals surface area contributed by atoms with E-state index in [0.29, 0.717) is 34.4 Å². The van der Waals surface area contributed by atoms with Crippen LogP contribution in [0.4, 0.5) is 11.6 Å². The lowest BCUT2D eigenvalue weighted by atomic mass is 10.1. The Bertz CT molecular complexity index is 1680. The number of aromatic nitrogens is 3. The van der Waals surface area contributed by atoms with Gasteiger partial charge in [0.2, 0.25) is 0 Å². The zero-order chi connectivity index (χ0) is 28.9. The minimum Gasteiger partial charge on any atom is -0.264 e. The molecule has 0 fully saturated rings. The van der Waals surface area contributed by atoms with Gasteiger partial charge in [0.1, 0.15) is 0 Å². The summed E-state index contributed by atoms with van der Waals surface area (Å²) < 4.78 is 46.9. The molecule has 0 spiro atoms. The molecule has 0 atom stereocenters. The van der Waals surface area contributed by atoms with Crippen LogP contribution in [0.1, 0.15) is 25.0 Å². The van der Waals surface area contributed by atoms with Gasteiger partial charge in [0.05, 0.1) is 21.2 Å². The minimum absolute atomic E-state index is 0.229. The Kier molecular flexibility index (Phi) is 8.35. The van der Waals surface area contributed by atoms with Gasteiger partial charge in [-0.1, -0.05) is 24.3 Å². The van der Waals surface area contributed by atoms with E-state index in [1.54, 1.807) is 62.6 Å². The Balaban J connectivity index is 1.60. The maximum Gasteiger partial charge on any atom is 0.175 e. The maximum atomic E-state index is 11.7. The van der Waals surface area contributed by atoms with E-state index in [-0.39, 0.29) is 9.79 Å². The molecule has 11 nitrogen and oxygen atoms in total. The smallest absolute Gasteiger partial charge is 0.175 e. The predicted octanol–water partition coefficient (Wildman–Crippen LogP) is 4.02. The first-order chi connectivity index (χ1) is 18.9. The van der Waals surface area contributed by atoms with E-state index in [4.69, 9.17) is 0 Å². The van der Waals surface area contributed by atoms with Crippen molar-refractivity contribution in [3.8, 4) is 11.4 Å². The average Bonchev–Trinajstić information content (AvgIpc) is 2.94. The molecule has 0 radical (unpaired) electrons. The van der Waals surface area contributed by atoms with Crippen molar-refractivity contribution in [2.75, 3.05) is 23.4 Å². The highest BCUT2D eigenvalue weighted by Gasteiger charge is 2.10. The molecule has 4 rings (SSSR count). The zero-order valence-electron chi connectivity index (χ0n) is 22.2. The van der Waals surface area contributed by atoms with Crippen molar-refractivity contribution in [3.63, 3.8) is 0 Å². The number of rotatable bonds is 9. The summed E-state index contributed by atoms with van der Waals surface area (Å²) in [5.41, 5.74) is 9.25. The number of sulfone groups is 2. The van der Waals surface area contributed by atoms with Gasteiger partial charge in [-0.25, -0.2) is 26.8 Å². The van der Waals surface area contributed by atoms with Crippen LogP contribution < -0.4 is 10.9 Å². The molecule has 0 saturated carbocycles. The van der Waals surface area contributed by atoms with Crippen molar-refractivity contribution in [2.45, 2.75) is 23.6 Å². The van der Waals surface area contributed by atoms with Gasteiger partial charge in [-0.2, -0.15) is 10.2 Å². The molecule has 40 heavy (non-hydrogen) atoms. The summed E-state index contributed by atoms with van der Waals surface area (Å²) in [6, 6.07) is 18.1. The van der Waals surface area contributed by atoms with E-state index in [1.807, 2.05) is 6.07 Å². The van der Waals surface area contributed by atoms with E-state index in [2.05, 4.69) is 36.0 Å².